The van der Waals surface area contributed by atoms with Crippen molar-refractivity contribution in [3.63, 3.8) is 0 Å². The van der Waals surface area contributed by atoms with Crippen LogP contribution in [0.5, 0.6) is 0 Å². The lowest BCUT2D eigenvalue weighted by Gasteiger charge is -2.19. The number of aromatic nitrogens is 2. The van der Waals surface area contributed by atoms with E-state index < -0.39 is 11.9 Å². The maximum Gasteiger partial charge on any atom is 0.240 e. The Balaban J connectivity index is 2.93. The number of nitrogen functional groups attached to an aromatic ring is 1. The molecule has 17 heavy (non-hydrogen) atoms. The van der Waals surface area contributed by atoms with Gasteiger partial charge in [0.15, 0.2) is 5.16 Å². The van der Waals surface area contributed by atoms with E-state index in [1.54, 1.807) is 6.07 Å². The molecule has 0 saturated heterocycles. The maximum absolute atomic E-state index is 11.3. The predicted molar refractivity (Wildman–Crippen MR) is 69.7 cm³/mol. The molecule has 1 aromatic rings. The lowest BCUT2D eigenvalue weighted by molar-refractivity contribution is -0.119. The summed E-state index contributed by atoms with van der Waals surface area (Å²) in [6.45, 7) is 3.81. The molecule has 7 heteroatoms. The molecule has 0 bridgehead atoms. The van der Waals surface area contributed by atoms with Gasteiger partial charge in [-0.05, 0) is 12.2 Å². The van der Waals surface area contributed by atoms with Gasteiger partial charge in [-0.2, -0.15) is 0 Å². The van der Waals surface area contributed by atoms with E-state index in [-0.39, 0.29) is 5.92 Å². The van der Waals surface area contributed by atoms with Gasteiger partial charge in [-0.3, -0.25) is 4.79 Å². The average Bonchev–Trinajstić information content (AvgIpc) is 2.24. The molecule has 94 valence electrons. The van der Waals surface area contributed by atoms with Crippen molar-refractivity contribution >= 4 is 29.3 Å². The molecular weight excluding hydrogens is 238 g/mol. The van der Waals surface area contributed by atoms with Gasteiger partial charge in [0.1, 0.15) is 17.7 Å². The molecule has 1 rings (SSSR count). The number of thioether (sulfide) groups is 1. The molecule has 0 spiro atoms. The zero-order valence-electron chi connectivity index (χ0n) is 10.1. The standard InChI is InChI=1S/C10H17N5OS/c1-5(2)8(9(12)16)14-7-4-6(11)13-10(15-7)17-3/h4-5,8H,1-3H3,(H2,12,16)(H3,11,13,14,15). The number of carbonyl (C=O) groups excluding carboxylic acids is 1. The number of hydrogen-bond donors (Lipinski definition) is 3. The highest BCUT2D eigenvalue weighted by Gasteiger charge is 2.19. The fraction of sp³-hybridized carbons (Fsp3) is 0.500. The minimum Gasteiger partial charge on any atom is -0.383 e. The van der Waals surface area contributed by atoms with Crippen LogP contribution in [0.1, 0.15) is 13.8 Å². The molecule has 1 aromatic heterocycles. The summed E-state index contributed by atoms with van der Waals surface area (Å²) in [5.74, 6) is 0.530. The predicted octanol–water partition coefficient (Wildman–Crippen LogP) is 0.702. The SMILES string of the molecule is CSc1nc(N)cc(NC(C(N)=O)C(C)C)n1. The third-order valence-corrected chi connectivity index (χ3v) is 2.73. The fourth-order valence-corrected chi connectivity index (χ4v) is 1.72. The summed E-state index contributed by atoms with van der Waals surface area (Å²) < 4.78 is 0. The second-order valence-electron chi connectivity index (χ2n) is 3.93. The smallest absolute Gasteiger partial charge is 0.240 e. The van der Waals surface area contributed by atoms with E-state index in [1.807, 2.05) is 20.1 Å². The van der Waals surface area contributed by atoms with Gasteiger partial charge in [0.05, 0.1) is 0 Å². The molecule has 0 aliphatic heterocycles. The Labute approximate surface area is 105 Å². The first kappa shape index (κ1) is 13.6. The summed E-state index contributed by atoms with van der Waals surface area (Å²) in [6.07, 6.45) is 1.85. The molecule has 1 unspecified atom stereocenters. The molecule has 1 amide bonds. The Kier molecular flexibility index (Phi) is 4.56. The quantitative estimate of drug-likeness (QED) is 0.528. The van der Waals surface area contributed by atoms with Gasteiger partial charge in [0.25, 0.3) is 0 Å². The van der Waals surface area contributed by atoms with Crippen molar-refractivity contribution in [2.45, 2.75) is 25.0 Å². The van der Waals surface area contributed by atoms with Crippen LogP contribution >= 0.6 is 11.8 Å². The van der Waals surface area contributed by atoms with Crippen LogP contribution in [-0.4, -0.2) is 28.2 Å². The van der Waals surface area contributed by atoms with E-state index in [1.165, 1.54) is 11.8 Å². The first-order chi connectivity index (χ1) is 7.93. The van der Waals surface area contributed by atoms with Crippen LogP contribution in [0.15, 0.2) is 11.2 Å². The number of nitrogens with one attached hydrogen (secondary N) is 1. The third-order valence-electron chi connectivity index (χ3n) is 2.18. The van der Waals surface area contributed by atoms with Crippen molar-refractivity contribution in [2.75, 3.05) is 17.3 Å². The van der Waals surface area contributed by atoms with Crippen LogP contribution in [0.25, 0.3) is 0 Å². The summed E-state index contributed by atoms with van der Waals surface area (Å²) in [4.78, 5) is 19.5. The topological polar surface area (TPSA) is 107 Å². The Morgan fingerprint density at radius 1 is 1.47 bits per heavy atom. The summed E-state index contributed by atoms with van der Waals surface area (Å²) in [7, 11) is 0. The largest absolute Gasteiger partial charge is 0.383 e. The number of anilines is 2. The molecule has 1 atom stereocenters. The van der Waals surface area contributed by atoms with E-state index in [0.717, 1.165) is 0 Å². The number of hydrogen-bond acceptors (Lipinski definition) is 6. The zero-order chi connectivity index (χ0) is 13.0. The average molecular weight is 255 g/mol. The van der Waals surface area contributed by atoms with E-state index in [0.29, 0.717) is 16.8 Å². The summed E-state index contributed by atoms with van der Waals surface area (Å²) in [5.41, 5.74) is 11.0. The Hall–Kier alpha value is -1.50. The van der Waals surface area contributed by atoms with Crippen LogP contribution in [0.3, 0.4) is 0 Å². The number of amides is 1. The summed E-state index contributed by atoms with van der Waals surface area (Å²) in [6, 6.07) is 1.11. The highest BCUT2D eigenvalue weighted by Crippen LogP contribution is 2.17. The van der Waals surface area contributed by atoms with Crippen LogP contribution < -0.4 is 16.8 Å². The van der Waals surface area contributed by atoms with Gasteiger partial charge in [0, 0.05) is 6.07 Å². The number of nitrogens with two attached hydrogens (primary N) is 2. The molecule has 5 N–H and O–H groups in total. The Morgan fingerprint density at radius 3 is 2.59 bits per heavy atom. The van der Waals surface area contributed by atoms with Crippen LogP contribution in [0, 0.1) is 5.92 Å². The van der Waals surface area contributed by atoms with Crippen LogP contribution in [-0.2, 0) is 4.79 Å². The van der Waals surface area contributed by atoms with Gasteiger partial charge >= 0.3 is 0 Å². The second kappa shape index (κ2) is 5.72. The highest BCUT2D eigenvalue weighted by atomic mass is 32.2. The molecule has 0 fully saturated rings. The molecular formula is C10H17N5OS. The molecule has 6 nitrogen and oxygen atoms in total. The monoisotopic (exact) mass is 255 g/mol. The van der Waals surface area contributed by atoms with Crippen LogP contribution in [0.4, 0.5) is 11.6 Å². The number of nitrogens with zero attached hydrogens (tertiary/aromatic N) is 2. The molecule has 0 aliphatic carbocycles. The fourth-order valence-electron chi connectivity index (χ4n) is 1.33. The highest BCUT2D eigenvalue weighted by molar-refractivity contribution is 7.98. The van der Waals surface area contributed by atoms with Crippen molar-refractivity contribution < 1.29 is 4.79 Å². The maximum atomic E-state index is 11.3. The lowest BCUT2D eigenvalue weighted by Crippen LogP contribution is -2.39. The van der Waals surface area contributed by atoms with Gasteiger partial charge in [-0.15, -0.1) is 0 Å². The number of primary amides is 1. The van der Waals surface area contributed by atoms with Crippen molar-refractivity contribution in [1.29, 1.82) is 0 Å². The molecule has 0 aliphatic rings. The van der Waals surface area contributed by atoms with Crippen LogP contribution in [0.2, 0.25) is 0 Å². The second-order valence-corrected chi connectivity index (χ2v) is 4.71. The molecule has 0 aromatic carbocycles. The van der Waals surface area contributed by atoms with Gasteiger partial charge in [0.2, 0.25) is 5.91 Å². The van der Waals surface area contributed by atoms with Gasteiger partial charge < -0.3 is 16.8 Å². The van der Waals surface area contributed by atoms with E-state index in [9.17, 15) is 4.79 Å². The number of carbonyl (C=O) groups is 1. The summed E-state index contributed by atoms with van der Waals surface area (Å²) in [5, 5.41) is 3.53. The first-order valence-electron chi connectivity index (χ1n) is 5.18. The van der Waals surface area contributed by atoms with E-state index >= 15 is 0 Å². The van der Waals surface area contributed by atoms with Crippen molar-refractivity contribution in [3.05, 3.63) is 6.07 Å². The van der Waals surface area contributed by atoms with Gasteiger partial charge in [-0.1, -0.05) is 25.6 Å². The van der Waals surface area contributed by atoms with Crippen molar-refractivity contribution in [2.24, 2.45) is 11.7 Å². The zero-order valence-corrected chi connectivity index (χ0v) is 10.9. The lowest BCUT2D eigenvalue weighted by atomic mass is 10.0. The molecule has 1 heterocycles. The normalized spacial score (nSPS) is 12.5. The number of rotatable bonds is 5. The summed E-state index contributed by atoms with van der Waals surface area (Å²) >= 11 is 1.38. The van der Waals surface area contributed by atoms with E-state index in [2.05, 4.69) is 15.3 Å². The van der Waals surface area contributed by atoms with Crippen molar-refractivity contribution in [3.8, 4) is 0 Å². The molecule has 0 radical (unpaired) electrons. The minimum atomic E-state index is -0.473. The minimum absolute atomic E-state index is 0.0708. The van der Waals surface area contributed by atoms with E-state index in [4.69, 9.17) is 11.5 Å². The molecule has 0 saturated carbocycles. The third kappa shape index (κ3) is 3.77. The first-order valence-corrected chi connectivity index (χ1v) is 6.41. The van der Waals surface area contributed by atoms with Crippen molar-refractivity contribution in [1.82, 2.24) is 9.97 Å². The Bertz CT molecular complexity index is 410. The Morgan fingerprint density at radius 2 is 2.12 bits per heavy atom. The van der Waals surface area contributed by atoms with Gasteiger partial charge in [-0.25, -0.2) is 9.97 Å².